The van der Waals surface area contributed by atoms with Crippen molar-refractivity contribution in [1.82, 2.24) is 14.2 Å². The summed E-state index contributed by atoms with van der Waals surface area (Å²) in [5, 5.41) is 3.04. The molecule has 0 saturated carbocycles. The molecule has 1 saturated heterocycles. The van der Waals surface area contributed by atoms with Gasteiger partial charge >= 0.3 is 0 Å². The van der Waals surface area contributed by atoms with Crippen LogP contribution in [0.3, 0.4) is 0 Å². The number of nitrogens with one attached hydrogen (secondary N) is 1. The number of aryl methyl sites for hydroxylation is 1. The first-order valence-corrected chi connectivity index (χ1v) is 8.26. The van der Waals surface area contributed by atoms with E-state index in [1.54, 1.807) is 19.4 Å². The number of piperidine rings is 1. The van der Waals surface area contributed by atoms with E-state index in [4.69, 9.17) is 4.74 Å². The first kappa shape index (κ1) is 15.5. The Morgan fingerprint density at radius 2 is 2.25 bits per heavy atom. The summed E-state index contributed by atoms with van der Waals surface area (Å²) >= 11 is 0. The Morgan fingerprint density at radius 1 is 1.50 bits per heavy atom. The molecule has 1 fully saturated rings. The van der Waals surface area contributed by atoms with E-state index in [1.807, 2.05) is 18.7 Å². The maximum absolute atomic E-state index is 12.7. The molecule has 0 aliphatic carbocycles. The van der Waals surface area contributed by atoms with Crippen molar-refractivity contribution in [3.63, 3.8) is 0 Å². The summed E-state index contributed by atoms with van der Waals surface area (Å²) < 4.78 is 34.0. The molecule has 6 nitrogen and oxygen atoms in total. The number of nitrogens with zero attached hydrogens (tertiary/aromatic N) is 2. The summed E-state index contributed by atoms with van der Waals surface area (Å²) in [5.41, 5.74) is 0.950. The third-order valence-electron chi connectivity index (χ3n) is 3.75. The molecule has 0 radical (unpaired) electrons. The number of methoxy groups -OCH3 is 1. The van der Waals surface area contributed by atoms with Crippen LogP contribution >= 0.6 is 0 Å². The van der Waals surface area contributed by atoms with Crippen molar-refractivity contribution in [2.75, 3.05) is 27.2 Å². The molecule has 114 valence electrons. The first-order chi connectivity index (χ1) is 9.48. The summed E-state index contributed by atoms with van der Waals surface area (Å²) in [7, 11) is 1.92. The summed E-state index contributed by atoms with van der Waals surface area (Å²) in [4.78, 5) is 0.363. The van der Waals surface area contributed by atoms with Crippen LogP contribution in [0.15, 0.2) is 17.2 Å². The third kappa shape index (κ3) is 3.06. The zero-order valence-electron chi connectivity index (χ0n) is 12.3. The van der Waals surface area contributed by atoms with Crippen LogP contribution < -0.4 is 5.32 Å². The fourth-order valence-corrected chi connectivity index (χ4v) is 4.15. The molecular weight excluding hydrogens is 278 g/mol. The highest BCUT2D eigenvalue weighted by Crippen LogP contribution is 2.23. The Kier molecular flexibility index (Phi) is 4.85. The average Bonchev–Trinajstić information content (AvgIpc) is 2.81. The number of hydrogen-bond donors (Lipinski definition) is 1. The van der Waals surface area contributed by atoms with Crippen LogP contribution in [0.2, 0.25) is 0 Å². The van der Waals surface area contributed by atoms with Gasteiger partial charge in [0.25, 0.3) is 0 Å². The van der Waals surface area contributed by atoms with E-state index in [0.717, 1.165) is 18.5 Å². The van der Waals surface area contributed by atoms with Crippen LogP contribution in [0.4, 0.5) is 0 Å². The number of rotatable bonds is 5. The molecule has 20 heavy (non-hydrogen) atoms. The van der Waals surface area contributed by atoms with Gasteiger partial charge in [0.2, 0.25) is 10.0 Å². The van der Waals surface area contributed by atoms with Gasteiger partial charge in [-0.2, -0.15) is 4.31 Å². The fraction of sp³-hybridized carbons (Fsp3) is 0.692. The molecule has 0 bridgehead atoms. The Hall–Kier alpha value is -0.890. The van der Waals surface area contributed by atoms with Crippen LogP contribution in [-0.2, 0) is 28.4 Å². The molecule has 1 aromatic heterocycles. The Balaban J connectivity index is 2.23. The molecule has 2 heterocycles. The minimum atomic E-state index is -3.42. The molecule has 0 aromatic carbocycles. The second kappa shape index (κ2) is 6.26. The lowest BCUT2D eigenvalue weighted by Gasteiger charge is -2.30. The minimum Gasteiger partial charge on any atom is -0.380 e. The van der Waals surface area contributed by atoms with Gasteiger partial charge in [-0.05, 0) is 26.0 Å². The normalized spacial score (nSPS) is 21.2. The SMILES string of the molecule is CNCc1cc(S(=O)(=O)N2CCCC(OC)C2)cn1C. The summed E-state index contributed by atoms with van der Waals surface area (Å²) in [5.74, 6) is 0. The van der Waals surface area contributed by atoms with Gasteiger partial charge < -0.3 is 14.6 Å². The summed E-state index contributed by atoms with van der Waals surface area (Å²) in [6.07, 6.45) is 3.44. The van der Waals surface area contributed by atoms with Gasteiger partial charge in [-0.25, -0.2) is 8.42 Å². The predicted octanol–water partition coefficient (Wildman–Crippen LogP) is 0.544. The number of ether oxygens (including phenoxy) is 1. The van der Waals surface area contributed by atoms with E-state index < -0.39 is 10.0 Å². The third-order valence-corrected chi connectivity index (χ3v) is 5.58. The molecule has 1 aromatic rings. The fourth-order valence-electron chi connectivity index (χ4n) is 2.54. The van der Waals surface area contributed by atoms with E-state index in [0.29, 0.717) is 24.5 Å². The van der Waals surface area contributed by atoms with Gasteiger partial charge in [-0.1, -0.05) is 0 Å². The topological polar surface area (TPSA) is 63.6 Å². The summed E-state index contributed by atoms with van der Waals surface area (Å²) in [6.45, 7) is 1.65. The van der Waals surface area contributed by atoms with Crippen molar-refractivity contribution in [1.29, 1.82) is 0 Å². The van der Waals surface area contributed by atoms with Crippen LogP contribution in [0.5, 0.6) is 0 Å². The minimum absolute atomic E-state index is 0.000911. The highest BCUT2D eigenvalue weighted by atomic mass is 32.2. The second-order valence-corrected chi connectivity index (χ2v) is 7.11. The van der Waals surface area contributed by atoms with Gasteiger partial charge in [-0.3, -0.25) is 0 Å². The molecular formula is C13H23N3O3S. The van der Waals surface area contributed by atoms with Crippen molar-refractivity contribution >= 4 is 10.0 Å². The van der Waals surface area contributed by atoms with Gasteiger partial charge in [0.15, 0.2) is 0 Å². The van der Waals surface area contributed by atoms with Crippen LogP contribution in [0, 0.1) is 0 Å². The van der Waals surface area contributed by atoms with E-state index in [2.05, 4.69) is 5.32 Å². The Morgan fingerprint density at radius 3 is 2.90 bits per heavy atom. The highest BCUT2D eigenvalue weighted by Gasteiger charge is 2.31. The average molecular weight is 301 g/mol. The standard InChI is InChI=1S/C13H23N3O3S/c1-14-8-11-7-13(10-15(11)2)20(17,18)16-6-4-5-12(9-16)19-3/h7,10,12,14H,4-6,8-9H2,1-3H3. The number of aromatic nitrogens is 1. The Labute approximate surface area is 120 Å². The smallest absolute Gasteiger partial charge is 0.244 e. The van der Waals surface area contributed by atoms with Crippen LogP contribution in [-0.4, -0.2) is 50.6 Å². The highest BCUT2D eigenvalue weighted by molar-refractivity contribution is 7.89. The van der Waals surface area contributed by atoms with E-state index in [9.17, 15) is 8.42 Å². The van der Waals surface area contributed by atoms with Gasteiger partial charge in [-0.15, -0.1) is 0 Å². The van der Waals surface area contributed by atoms with Gasteiger partial charge in [0, 0.05) is 45.7 Å². The lowest BCUT2D eigenvalue weighted by molar-refractivity contribution is 0.0572. The largest absolute Gasteiger partial charge is 0.380 e. The van der Waals surface area contributed by atoms with Crippen molar-refractivity contribution in [2.45, 2.75) is 30.4 Å². The lowest BCUT2D eigenvalue weighted by atomic mass is 10.1. The molecule has 1 N–H and O–H groups in total. The maximum Gasteiger partial charge on any atom is 0.244 e. The lowest BCUT2D eigenvalue weighted by Crippen LogP contribution is -2.42. The second-order valence-electron chi connectivity index (χ2n) is 5.17. The monoisotopic (exact) mass is 301 g/mol. The first-order valence-electron chi connectivity index (χ1n) is 6.82. The molecule has 0 amide bonds. The van der Waals surface area contributed by atoms with Crippen molar-refractivity contribution in [2.24, 2.45) is 7.05 Å². The molecule has 1 aliphatic rings. The molecule has 2 rings (SSSR count). The maximum atomic E-state index is 12.7. The van der Waals surface area contributed by atoms with E-state index in [-0.39, 0.29) is 6.10 Å². The van der Waals surface area contributed by atoms with Gasteiger partial charge in [0.05, 0.1) is 6.10 Å². The Bertz CT molecular complexity index is 553. The van der Waals surface area contributed by atoms with Gasteiger partial charge in [0.1, 0.15) is 4.90 Å². The predicted molar refractivity (Wildman–Crippen MR) is 77.0 cm³/mol. The van der Waals surface area contributed by atoms with Crippen molar-refractivity contribution < 1.29 is 13.2 Å². The van der Waals surface area contributed by atoms with Crippen molar-refractivity contribution in [3.05, 3.63) is 18.0 Å². The quantitative estimate of drug-likeness (QED) is 0.862. The molecule has 0 spiro atoms. The number of hydrogen-bond acceptors (Lipinski definition) is 4. The van der Waals surface area contributed by atoms with Crippen LogP contribution in [0.1, 0.15) is 18.5 Å². The van der Waals surface area contributed by atoms with E-state index >= 15 is 0 Å². The molecule has 1 aliphatic heterocycles. The zero-order chi connectivity index (χ0) is 14.8. The molecule has 1 unspecified atom stereocenters. The molecule has 1 atom stereocenters. The van der Waals surface area contributed by atoms with Crippen LogP contribution in [0.25, 0.3) is 0 Å². The zero-order valence-corrected chi connectivity index (χ0v) is 13.1. The summed E-state index contributed by atoms with van der Waals surface area (Å²) in [6, 6.07) is 1.74. The molecule has 7 heteroatoms. The number of sulfonamides is 1. The van der Waals surface area contributed by atoms with Crippen molar-refractivity contribution in [3.8, 4) is 0 Å². The van der Waals surface area contributed by atoms with E-state index in [1.165, 1.54) is 4.31 Å².